The van der Waals surface area contributed by atoms with Gasteiger partial charge in [-0.05, 0) is 30.7 Å². The first-order valence-corrected chi connectivity index (χ1v) is 6.23. The minimum absolute atomic E-state index is 0.0262. The molecule has 0 bridgehead atoms. The molecule has 0 aliphatic heterocycles. The van der Waals surface area contributed by atoms with Crippen molar-refractivity contribution in [3.63, 3.8) is 0 Å². The summed E-state index contributed by atoms with van der Waals surface area (Å²) in [7, 11) is 1.62. The van der Waals surface area contributed by atoms with E-state index in [-0.39, 0.29) is 6.42 Å². The molecule has 2 rings (SSSR count). The van der Waals surface area contributed by atoms with Gasteiger partial charge in [-0.3, -0.25) is 4.79 Å². The SMILES string of the molecule is COc1ccc2c(CC(=O)O)cn(CCCN)c2c1. The van der Waals surface area contributed by atoms with Crippen molar-refractivity contribution in [2.24, 2.45) is 5.73 Å². The summed E-state index contributed by atoms with van der Waals surface area (Å²) in [4.78, 5) is 10.9. The van der Waals surface area contributed by atoms with Gasteiger partial charge in [0.15, 0.2) is 0 Å². The van der Waals surface area contributed by atoms with Gasteiger partial charge in [0.1, 0.15) is 5.75 Å². The second kappa shape index (κ2) is 5.75. The molecule has 2 aromatic rings. The number of aryl methyl sites for hydroxylation is 1. The van der Waals surface area contributed by atoms with Crippen LogP contribution in [0, 0.1) is 0 Å². The molecule has 5 heteroatoms. The van der Waals surface area contributed by atoms with Crippen molar-refractivity contribution in [2.75, 3.05) is 13.7 Å². The third-order valence-corrected chi connectivity index (χ3v) is 3.12. The summed E-state index contributed by atoms with van der Waals surface area (Å²) in [5, 5.41) is 9.92. The van der Waals surface area contributed by atoms with Crippen LogP contribution in [0.2, 0.25) is 0 Å². The molecule has 0 radical (unpaired) electrons. The highest BCUT2D eigenvalue weighted by Gasteiger charge is 2.12. The van der Waals surface area contributed by atoms with Crippen LogP contribution < -0.4 is 10.5 Å². The molecular weight excluding hydrogens is 244 g/mol. The van der Waals surface area contributed by atoms with Gasteiger partial charge in [0, 0.05) is 24.2 Å². The summed E-state index contributed by atoms with van der Waals surface area (Å²) in [5.74, 6) is -0.0600. The summed E-state index contributed by atoms with van der Waals surface area (Å²) in [6.07, 6.45) is 2.78. The second-order valence-corrected chi connectivity index (χ2v) is 4.44. The Kier molecular flexibility index (Phi) is 4.06. The van der Waals surface area contributed by atoms with Crippen LogP contribution >= 0.6 is 0 Å². The molecule has 0 amide bonds. The Balaban J connectivity index is 2.48. The maximum absolute atomic E-state index is 10.9. The topological polar surface area (TPSA) is 77.5 Å². The molecule has 1 aromatic carbocycles. The normalized spacial score (nSPS) is 10.8. The lowest BCUT2D eigenvalue weighted by molar-refractivity contribution is -0.136. The molecule has 0 aliphatic carbocycles. The van der Waals surface area contributed by atoms with E-state index in [1.165, 1.54) is 0 Å². The lowest BCUT2D eigenvalue weighted by Crippen LogP contribution is -2.05. The standard InChI is InChI=1S/C14H18N2O3/c1-19-11-3-4-12-10(7-14(17)18)9-16(6-2-5-15)13(12)8-11/h3-4,8-9H,2,5-7,15H2,1H3,(H,17,18). The zero-order valence-corrected chi connectivity index (χ0v) is 10.9. The predicted octanol–water partition coefficient (Wildman–Crippen LogP) is 1.63. The number of fused-ring (bicyclic) bond motifs is 1. The fourth-order valence-electron chi connectivity index (χ4n) is 2.23. The number of benzene rings is 1. The molecule has 0 aliphatic rings. The number of hydrogen-bond donors (Lipinski definition) is 2. The number of carbonyl (C=O) groups is 1. The fraction of sp³-hybridized carbons (Fsp3) is 0.357. The van der Waals surface area contributed by atoms with E-state index in [1.54, 1.807) is 7.11 Å². The van der Waals surface area contributed by atoms with E-state index in [4.69, 9.17) is 15.6 Å². The average molecular weight is 262 g/mol. The van der Waals surface area contributed by atoms with E-state index >= 15 is 0 Å². The number of aliphatic carboxylic acids is 1. The van der Waals surface area contributed by atoms with Crippen molar-refractivity contribution < 1.29 is 14.6 Å². The van der Waals surface area contributed by atoms with Gasteiger partial charge in [0.25, 0.3) is 0 Å². The molecule has 0 fully saturated rings. The summed E-state index contributed by atoms with van der Waals surface area (Å²) in [6.45, 7) is 1.39. The molecule has 19 heavy (non-hydrogen) atoms. The van der Waals surface area contributed by atoms with Gasteiger partial charge >= 0.3 is 5.97 Å². The first-order valence-electron chi connectivity index (χ1n) is 6.23. The van der Waals surface area contributed by atoms with Crippen molar-refractivity contribution in [1.82, 2.24) is 4.57 Å². The molecule has 5 nitrogen and oxygen atoms in total. The van der Waals surface area contributed by atoms with Gasteiger partial charge in [0.05, 0.1) is 19.0 Å². The average Bonchev–Trinajstić information content (AvgIpc) is 2.73. The molecule has 3 N–H and O–H groups in total. The van der Waals surface area contributed by atoms with Crippen LogP contribution in [0.1, 0.15) is 12.0 Å². The Morgan fingerprint density at radius 2 is 2.26 bits per heavy atom. The number of hydrogen-bond acceptors (Lipinski definition) is 3. The molecule has 0 saturated carbocycles. The van der Waals surface area contributed by atoms with Crippen LogP contribution in [0.3, 0.4) is 0 Å². The minimum Gasteiger partial charge on any atom is -0.497 e. The van der Waals surface area contributed by atoms with E-state index in [9.17, 15) is 4.79 Å². The van der Waals surface area contributed by atoms with E-state index in [2.05, 4.69) is 0 Å². The molecule has 0 saturated heterocycles. The highest BCUT2D eigenvalue weighted by molar-refractivity contribution is 5.88. The number of nitrogens with zero attached hydrogens (tertiary/aromatic N) is 1. The van der Waals surface area contributed by atoms with Crippen LogP contribution in [0.15, 0.2) is 24.4 Å². The lowest BCUT2D eigenvalue weighted by atomic mass is 10.1. The first-order chi connectivity index (χ1) is 9.15. The number of methoxy groups -OCH3 is 1. The summed E-state index contributed by atoms with van der Waals surface area (Å²) in [6, 6.07) is 5.68. The Labute approximate surface area is 111 Å². The van der Waals surface area contributed by atoms with Gasteiger partial charge in [0.2, 0.25) is 0 Å². The number of rotatable bonds is 6. The number of ether oxygens (including phenoxy) is 1. The van der Waals surface area contributed by atoms with Crippen molar-refractivity contribution >= 4 is 16.9 Å². The van der Waals surface area contributed by atoms with Crippen LogP contribution in [0.5, 0.6) is 5.75 Å². The molecule has 1 aromatic heterocycles. The summed E-state index contributed by atoms with van der Waals surface area (Å²) < 4.78 is 7.26. The van der Waals surface area contributed by atoms with Crippen molar-refractivity contribution in [3.8, 4) is 5.75 Å². The third kappa shape index (κ3) is 2.88. The Morgan fingerprint density at radius 3 is 2.89 bits per heavy atom. The quantitative estimate of drug-likeness (QED) is 0.829. The number of nitrogens with two attached hydrogens (primary N) is 1. The highest BCUT2D eigenvalue weighted by atomic mass is 16.5. The second-order valence-electron chi connectivity index (χ2n) is 4.44. The highest BCUT2D eigenvalue weighted by Crippen LogP contribution is 2.26. The molecule has 102 valence electrons. The molecule has 0 unspecified atom stereocenters. The Hall–Kier alpha value is -2.01. The van der Waals surface area contributed by atoms with Gasteiger partial charge in [-0.15, -0.1) is 0 Å². The number of carboxylic acids is 1. The minimum atomic E-state index is -0.825. The smallest absolute Gasteiger partial charge is 0.307 e. The van der Waals surface area contributed by atoms with E-state index in [1.807, 2.05) is 29.0 Å². The largest absolute Gasteiger partial charge is 0.497 e. The third-order valence-electron chi connectivity index (χ3n) is 3.12. The fourth-order valence-corrected chi connectivity index (χ4v) is 2.23. The number of carboxylic acid groups (broad SMARTS) is 1. The van der Waals surface area contributed by atoms with Gasteiger partial charge in [-0.25, -0.2) is 0 Å². The molecule has 0 spiro atoms. The summed E-state index contributed by atoms with van der Waals surface area (Å²) in [5.41, 5.74) is 7.34. The maximum Gasteiger partial charge on any atom is 0.307 e. The molecule has 1 heterocycles. The monoisotopic (exact) mass is 262 g/mol. The van der Waals surface area contributed by atoms with Crippen LogP contribution in [-0.4, -0.2) is 29.3 Å². The maximum atomic E-state index is 10.9. The van der Waals surface area contributed by atoms with Gasteiger partial charge < -0.3 is 20.1 Å². The van der Waals surface area contributed by atoms with Crippen LogP contribution in [0.25, 0.3) is 10.9 Å². The summed E-state index contributed by atoms with van der Waals surface area (Å²) >= 11 is 0. The van der Waals surface area contributed by atoms with Crippen molar-refractivity contribution in [2.45, 2.75) is 19.4 Å². The number of aromatic nitrogens is 1. The zero-order valence-electron chi connectivity index (χ0n) is 10.9. The predicted molar refractivity (Wildman–Crippen MR) is 73.5 cm³/mol. The van der Waals surface area contributed by atoms with Gasteiger partial charge in [-0.2, -0.15) is 0 Å². The van der Waals surface area contributed by atoms with Crippen LogP contribution in [0.4, 0.5) is 0 Å². The Bertz CT molecular complexity index is 590. The van der Waals surface area contributed by atoms with E-state index in [0.717, 1.165) is 35.2 Å². The Morgan fingerprint density at radius 1 is 1.47 bits per heavy atom. The van der Waals surface area contributed by atoms with Crippen LogP contribution in [-0.2, 0) is 17.8 Å². The van der Waals surface area contributed by atoms with Crippen molar-refractivity contribution in [1.29, 1.82) is 0 Å². The van der Waals surface area contributed by atoms with Crippen molar-refractivity contribution in [3.05, 3.63) is 30.0 Å². The molecule has 0 atom stereocenters. The van der Waals surface area contributed by atoms with E-state index < -0.39 is 5.97 Å². The van der Waals surface area contributed by atoms with E-state index in [0.29, 0.717) is 6.54 Å². The van der Waals surface area contributed by atoms with Gasteiger partial charge in [-0.1, -0.05) is 0 Å². The zero-order chi connectivity index (χ0) is 13.8. The first kappa shape index (κ1) is 13.4. The lowest BCUT2D eigenvalue weighted by Gasteiger charge is -2.05. The molecular formula is C14H18N2O3.